The van der Waals surface area contributed by atoms with Crippen LogP contribution in [0.1, 0.15) is 0 Å². The Bertz CT molecular complexity index is 1290. The van der Waals surface area contributed by atoms with E-state index >= 15 is 0 Å². The highest BCUT2D eigenvalue weighted by atomic mass is 28.5. The van der Waals surface area contributed by atoms with E-state index in [-0.39, 0.29) is 0 Å². The van der Waals surface area contributed by atoms with Crippen molar-refractivity contribution in [2.24, 2.45) is 0 Å². The van der Waals surface area contributed by atoms with E-state index in [1.165, 1.54) is 0 Å². The van der Waals surface area contributed by atoms with E-state index in [1.54, 1.807) is 18.7 Å². The van der Waals surface area contributed by atoms with Gasteiger partial charge in [0, 0.05) is 48.4 Å². The van der Waals surface area contributed by atoms with Crippen molar-refractivity contribution in [3.05, 3.63) is 114 Å². The van der Waals surface area contributed by atoms with Gasteiger partial charge in [-0.2, -0.15) is 0 Å². The maximum absolute atomic E-state index is 11.2. The SMILES string of the molecule is C=CC[SiH](C)O[Si](C)(CC=C)O[Si](C)(CC=C)O[Si](C)(CC=C)O[Si](C)(CC=C)O[Si](C)(CC=C)O[Si](C)(CC=C)O[Si](C)(CC=C)O[Si](C)(O)CC=C. The van der Waals surface area contributed by atoms with E-state index < -0.39 is 77.5 Å². The molecule has 0 amide bonds. The average molecular weight is 904 g/mol. The molecule has 0 saturated carbocycles. The Morgan fingerprint density at radius 1 is 0.370 bits per heavy atom. The van der Waals surface area contributed by atoms with E-state index in [9.17, 15) is 4.80 Å². The van der Waals surface area contributed by atoms with Gasteiger partial charge >= 0.3 is 68.5 Å². The van der Waals surface area contributed by atoms with Gasteiger partial charge in [-0.3, -0.25) is 0 Å². The molecule has 0 aromatic carbocycles. The minimum atomic E-state index is -3.15. The number of rotatable bonds is 34. The molecule has 0 radical (unpaired) electrons. The van der Waals surface area contributed by atoms with Crippen molar-refractivity contribution in [2.45, 2.75) is 113 Å². The summed E-state index contributed by atoms with van der Waals surface area (Å²) in [6, 6.07) is 4.80. The van der Waals surface area contributed by atoms with Crippen LogP contribution in [0.5, 0.6) is 0 Å². The fraction of sp³-hybridized carbons (Fsp3) is 0.500. The molecule has 308 valence electrons. The Kier molecular flexibility index (Phi) is 23.3. The molecule has 0 aliphatic heterocycles. The molecule has 0 aromatic rings. The molecule has 0 saturated heterocycles. The van der Waals surface area contributed by atoms with Crippen molar-refractivity contribution < 1.29 is 37.7 Å². The zero-order chi connectivity index (χ0) is 42.0. The van der Waals surface area contributed by atoms with Crippen LogP contribution in [0, 0.1) is 0 Å². The van der Waals surface area contributed by atoms with Gasteiger partial charge in [0.1, 0.15) is 0 Å². The van der Waals surface area contributed by atoms with Crippen LogP contribution in [0.15, 0.2) is 114 Å². The van der Waals surface area contributed by atoms with Crippen LogP contribution < -0.4 is 0 Å². The molecular formula is C36H74O9Si9. The summed E-state index contributed by atoms with van der Waals surface area (Å²) >= 11 is 0. The van der Waals surface area contributed by atoms with Crippen molar-refractivity contribution >= 4 is 77.5 Å². The zero-order valence-corrected chi connectivity index (χ0v) is 44.4. The summed E-state index contributed by atoms with van der Waals surface area (Å²) in [5.74, 6) is 0. The van der Waals surface area contributed by atoms with Crippen molar-refractivity contribution in [1.29, 1.82) is 0 Å². The van der Waals surface area contributed by atoms with E-state index in [2.05, 4.69) is 85.4 Å². The third-order valence-electron chi connectivity index (χ3n) is 8.10. The maximum Gasteiger partial charge on any atom is 0.327 e. The lowest BCUT2D eigenvalue weighted by Crippen LogP contribution is -2.64. The fourth-order valence-corrected chi connectivity index (χ4v) is 49.8. The summed E-state index contributed by atoms with van der Waals surface area (Å²) < 4.78 is 56.1. The molecule has 0 rings (SSSR count). The highest BCUT2D eigenvalue weighted by molar-refractivity contribution is 6.93. The average Bonchev–Trinajstić information content (AvgIpc) is 2.95. The summed E-state index contributed by atoms with van der Waals surface area (Å²) in [5.41, 5.74) is 0. The Hall–Kier alpha value is -0.748. The molecule has 9 atom stereocenters. The molecule has 9 unspecified atom stereocenters. The second-order valence-electron chi connectivity index (χ2n) is 15.2. The topological polar surface area (TPSA) is 94.1 Å². The molecule has 0 heterocycles. The molecule has 0 spiro atoms. The van der Waals surface area contributed by atoms with Crippen molar-refractivity contribution in [1.82, 2.24) is 0 Å². The highest BCUT2D eigenvalue weighted by Gasteiger charge is 2.55. The predicted octanol–water partition coefficient (Wildman–Crippen LogP) is 10.7. The molecule has 1 N–H and O–H groups in total. The van der Waals surface area contributed by atoms with Crippen LogP contribution in [-0.2, 0) is 32.9 Å². The number of hydrogen-bond acceptors (Lipinski definition) is 9. The van der Waals surface area contributed by atoms with Gasteiger partial charge in [-0.1, -0.05) is 54.7 Å². The summed E-state index contributed by atoms with van der Waals surface area (Å²) in [5, 5.41) is 0. The first-order valence-corrected chi connectivity index (χ1v) is 41.4. The van der Waals surface area contributed by atoms with E-state index in [0.717, 1.165) is 6.04 Å². The standard InChI is InChI=1S/C36H74O9Si9/c1-19-28-46(10)38-48(12,30-21-3)40-50(14,32-23-5)42-52(16,34-25-7)44-54(18,36-27-9)45-53(17,35-26-8)43-51(15,33-24-6)41-49(13,31-22-4)39-47(11,37)29-20-2/h19-27,37,46H,1-9,28-36H2,10-18H3. The van der Waals surface area contributed by atoms with Gasteiger partial charge < -0.3 is 37.7 Å². The summed E-state index contributed by atoms with van der Waals surface area (Å²) in [4.78, 5) is 11.2. The van der Waals surface area contributed by atoms with Gasteiger partial charge in [-0.05, 0) is 65.0 Å². The first-order valence-electron chi connectivity index (χ1n) is 18.7. The quantitative estimate of drug-likeness (QED) is 0.0500. The van der Waals surface area contributed by atoms with Crippen LogP contribution >= 0.6 is 0 Å². The fourth-order valence-electron chi connectivity index (χ4n) is 6.80. The van der Waals surface area contributed by atoms with Gasteiger partial charge in [-0.25, -0.2) is 0 Å². The van der Waals surface area contributed by atoms with Gasteiger partial charge in [0.05, 0.1) is 0 Å². The van der Waals surface area contributed by atoms with E-state index in [0.29, 0.717) is 48.4 Å². The lowest BCUT2D eigenvalue weighted by atomic mass is 10.8. The largest absolute Gasteiger partial charge is 0.439 e. The molecule has 9 nitrogen and oxygen atoms in total. The van der Waals surface area contributed by atoms with Crippen LogP contribution in [0.2, 0.25) is 113 Å². The molecular weight excluding hydrogens is 829 g/mol. The normalized spacial score (nSPS) is 21.2. The van der Waals surface area contributed by atoms with Gasteiger partial charge in [0.15, 0.2) is 9.04 Å². The summed E-state index contributed by atoms with van der Waals surface area (Å²) in [6.07, 6.45) is 16.4. The lowest BCUT2D eigenvalue weighted by Gasteiger charge is -2.47. The predicted molar refractivity (Wildman–Crippen MR) is 252 cm³/mol. The number of hydrogen-bond donors (Lipinski definition) is 1. The van der Waals surface area contributed by atoms with Crippen LogP contribution in [0.4, 0.5) is 0 Å². The van der Waals surface area contributed by atoms with Crippen molar-refractivity contribution in [3.63, 3.8) is 0 Å². The molecule has 54 heavy (non-hydrogen) atoms. The summed E-state index contributed by atoms with van der Waals surface area (Å²) in [7, 11) is -26.0. The molecule has 0 aliphatic rings. The minimum absolute atomic E-state index is 0.375. The smallest absolute Gasteiger partial charge is 0.327 e. The monoisotopic (exact) mass is 902 g/mol. The van der Waals surface area contributed by atoms with Crippen molar-refractivity contribution in [3.8, 4) is 0 Å². The van der Waals surface area contributed by atoms with Gasteiger partial charge in [0.2, 0.25) is 0 Å². The lowest BCUT2D eigenvalue weighted by molar-refractivity contribution is 0.248. The molecule has 0 aliphatic carbocycles. The maximum atomic E-state index is 11.2. The Labute approximate surface area is 340 Å². The number of allylic oxidation sites excluding steroid dienone is 9. The Morgan fingerprint density at radius 2 is 0.593 bits per heavy atom. The Balaban J connectivity index is 6.99. The van der Waals surface area contributed by atoms with Crippen LogP contribution in [0.3, 0.4) is 0 Å². The van der Waals surface area contributed by atoms with Gasteiger partial charge in [0.25, 0.3) is 0 Å². The zero-order valence-electron chi connectivity index (χ0n) is 35.2. The third kappa shape index (κ3) is 19.6. The van der Waals surface area contributed by atoms with Gasteiger partial charge in [-0.15, -0.1) is 59.2 Å². The third-order valence-corrected chi connectivity index (χ3v) is 45.2. The summed E-state index contributed by atoms with van der Waals surface area (Å²) in [6.45, 7) is 54.2. The second kappa shape index (κ2) is 23.6. The molecule has 18 heteroatoms. The molecule has 0 fully saturated rings. The highest BCUT2D eigenvalue weighted by Crippen LogP contribution is 2.37. The minimum Gasteiger partial charge on any atom is -0.439 e. The molecule has 0 aromatic heterocycles. The second-order valence-corrected chi connectivity index (χ2v) is 45.5. The van der Waals surface area contributed by atoms with Crippen molar-refractivity contribution in [2.75, 3.05) is 0 Å². The first-order chi connectivity index (χ1) is 24.9. The van der Waals surface area contributed by atoms with Crippen LogP contribution in [-0.4, -0.2) is 82.3 Å². The first kappa shape index (κ1) is 53.3. The van der Waals surface area contributed by atoms with Crippen LogP contribution in [0.25, 0.3) is 0 Å². The van der Waals surface area contributed by atoms with E-state index in [4.69, 9.17) is 32.9 Å². The Morgan fingerprint density at radius 3 is 0.833 bits per heavy atom. The van der Waals surface area contributed by atoms with E-state index in [1.807, 2.05) is 68.7 Å². The molecule has 0 bridgehead atoms.